The molecule has 0 unspecified atom stereocenters. The van der Waals surface area contributed by atoms with Crippen LogP contribution in [0.2, 0.25) is 0 Å². The van der Waals surface area contributed by atoms with Gasteiger partial charge in [-0.3, -0.25) is 10.1 Å². The third-order valence-corrected chi connectivity index (χ3v) is 2.98. The summed E-state index contributed by atoms with van der Waals surface area (Å²) in [6.07, 6.45) is 1.45. The maximum atomic E-state index is 13.5. The van der Waals surface area contributed by atoms with Gasteiger partial charge in [0.15, 0.2) is 18.2 Å². The highest BCUT2D eigenvalue weighted by Crippen LogP contribution is 2.18. The maximum Gasteiger partial charge on any atom is 0.338 e. The van der Waals surface area contributed by atoms with Gasteiger partial charge >= 0.3 is 12.0 Å². The average molecular weight is 350 g/mol. The number of urea groups is 1. The van der Waals surface area contributed by atoms with Gasteiger partial charge in [-0.1, -0.05) is 0 Å². The monoisotopic (exact) mass is 350 g/mol. The second kappa shape index (κ2) is 8.48. The Morgan fingerprint density at radius 1 is 1.24 bits per heavy atom. The number of carbonyl (C=O) groups excluding carboxylic acids is 3. The highest BCUT2D eigenvalue weighted by atomic mass is 19.1. The van der Waals surface area contributed by atoms with Crippen LogP contribution in [0.5, 0.6) is 5.75 Å². The van der Waals surface area contributed by atoms with Crippen molar-refractivity contribution in [1.29, 1.82) is 0 Å². The van der Waals surface area contributed by atoms with Crippen molar-refractivity contribution in [2.75, 3.05) is 13.7 Å². The quantitative estimate of drug-likeness (QED) is 0.767. The predicted octanol–water partition coefficient (Wildman–Crippen LogP) is 1.61. The van der Waals surface area contributed by atoms with Gasteiger partial charge in [-0.25, -0.2) is 14.0 Å². The fourth-order valence-electron chi connectivity index (χ4n) is 1.80. The van der Waals surface area contributed by atoms with Crippen molar-refractivity contribution in [2.24, 2.45) is 0 Å². The smallest absolute Gasteiger partial charge is 0.338 e. The molecule has 3 amide bonds. The van der Waals surface area contributed by atoms with Crippen LogP contribution < -0.4 is 15.4 Å². The number of esters is 1. The van der Waals surface area contributed by atoms with Crippen molar-refractivity contribution in [3.8, 4) is 5.75 Å². The lowest BCUT2D eigenvalue weighted by atomic mass is 10.2. The molecule has 0 saturated heterocycles. The van der Waals surface area contributed by atoms with Crippen LogP contribution in [0, 0.1) is 5.82 Å². The van der Waals surface area contributed by atoms with E-state index in [1.54, 1.807) is 12.1 Å². The summed E-state index contributed by atoms with van der Waals surface area (Å²) in [5.74, 6) is -2.00. The number of benzene rings is 1. The van der Waals surface area contributed by atoms with Gasteiger partial charge in [-0.15, -0.1) is 0 Å². The summed E-state index contributed by atoms with van der Waals surface area (Å²) in [6, 6.07) is 6.01. The first-order valence-corrected chi connectivity index (χ1v) is 7.10. The lowest BCUT2D eigenvalue weighted by molar-refractivity contribution is -0.123. The first kappa shape index (κ1) is 18.0. The zero-order chi connectivity index (χ0) is 18.2. The molecular weight excluding hydrogens is 335 g/mol. The topological polar surface area (TPSA) is 107 Å². The van der Waals surface area contributed by atoms with Gasteiger partial charge in [0.2, 0.25) is 0 Å². The lowest BCUT2D eigenvalue weighted by Crippen LogP contribution is -2.41. The van der Waals surface area contributed by atoms with Gasteiger partial charge in [-0.2, -0.15) is 0 Å². The number of halogens is 1. The van der Waals surface area contributed by atoms with E-state index in [1.165, 1.54) is 25.5 Å². The molecular formula is C16H15FN2O6. The Morgan fingerprint density at radius 3 is 2.68 bits per heavy atom. The van der Waals surface area contributed by atoms with E-state index in [4.69, 9.17) is 13.9 Å². The molecule has 0 spiro atoms. The number of ether oxygens (including phenoxy) is 2. The fraction of sp³-hybridized carbons (Fsp3) is 0.188. The molecule has 1 heterocycles. The van der Waals surface area contributed by atoms with Crippen molar-refractivity contribution >= 4 is 17.9 Å². The highest BCUT2D eigenvalue weighted by molar-refractivity contribution is 5.97. The molecule has 2 rings (SSSR count). The summed E-state index contributed by atoms with van der Waals surface area (Å²) < 4.78 is 28.0. The Hall–Kier alpha value is -3.36. The summed E-state index contributed by atoms with van der Waals surface area (Å²) in [5.41, 5.74) is -0.0895. The maximum absolute atomic E-state index is 13.5. The number of rotatable bonds is 6. The van der Waals surface area contributed by atoms with Crippen molar-refractivity contribution < 1.29 is 32.7 Å². The largest absolute Gasteiger partial charge is 0.494 e. The molecule has 0 saturated carbocycles. The predicted molar refractivity (Wildman–Crippen MR) is 82.3 cm³/mol. The summed E-state index contributed by atoms with van der Waals surface area (Å²) >= 11 is 0. The average Bonchev–Trinajstić information content (AvgIpc) is 3.11. The molecule has 0 fully saturated rings. The standard InChI is InChI=1S/C16H15FN2O6/c1-23-13-5-4-10(7-12(13)17)15(21)25-9-14(20)19-16(22)18-8-11-3-2-6-24-11/h2-7H,8-9H2,1H3,(H2,18,19,20,22). The third kappa shape index (κ3) is 5.34. The third-order valence-electron chi connectivity index (χ3n) is 2.98. The Balaban J connectivity index is 1.76. The molecule has 25 heavy (non-hydrogen) atoms. The van der Waals surface area contributed by atoms with Crippen LogP contribution >= 0.6 is 0 Å². The van der Waals surface area contributed by atoms with Crippen molar-refractivity contribution in [3.63, 3.8) is 0 Å². The van der Waals surface area contributed by atoms with Crippen LogP contribution in [0.25, 0.3) is 0 Å². The number of imide groups is 1. The molecule has 9 heteroatoms. The van der Waals surface area contributed by atoms with Crippen molar-refractivity contribution in [1.82, 2.24) is 10.6 Å². The summed E-state index contributed by atoms with van der Waals surface area (Å²) in [4.78, 5) is 34.8. The van der Waals surface area contributed by atoms with Gasteiger partial charge in [0.05, 0.1) is 25.5 Å². The summed E-state index contributed by atoms with van der Waals surface area (Å²) in [7, 11) is 1.29. The molecule has 0 aliphatic rings. The van der Waals surface area contributed by atoms with Crippen LogP contribution in [0.1, 0.15) is 16.1 Å². The molecule has 0 bridgehead atoms. The zero-order valence-electron chi connectivity index (χ0n) is 13.2. The van der Waals surface area contributed by atoms with E-state index in [1.807, 2.05) is 5.32 Å². The molecule has 8 nitrogen and oxygen atoms in total. The Labute approximate surface area is 141 Å². The summed E-state index contributed by atoms with van der Waals surface area (Å²) in [5, 5.41) is 4.36. The number of hydrogen-bond donors (Lipinski definition) is 2. The minimum Gasteiger partial charge on any atom is -0.494 e. The first-order chi connectivity index (χ1) is 12.0. The second-order valence-electron chi connectivity index (χ2n) is 4.74. The minimum absolute atomic E-state index is 0.0254. The van der Waals surface area contributed by atoms with Crippen LogP contribution in [0.3, 0.4) is 0 Å². The molecule has 1 aromatic heterocycles. The van der Waals surface area contributed by atoms with E-state index in [2.05, 4.69) is 5.32 Å². The van der Waals surface area contributed by atoms with Gasteiger partial charge < -0.3 is 19.2 Å². The van der Waals surface area contributed by atoms with Crippen molar-refractivity contribution in [3.05, 3.63) is 53.7 Å². The number of furan rings is 1. The molecule has 0 aliphatic heterocycles. The van der Waals surface area contributed by atoms with Gasteiger partial charge in [0.1, 0.15) is 5.76 Å². The molecule has 132 valence electrons. The number of nitrogens with one attached hydrogen (secondary N) is 2. The van der Waals surface area contributed by atoms with E-state index in [0.717, 1.165) is 6.07 Å². The van der Waals surface area contributed by atoms with Gasteiger partial charge in [0, 0.05) is 0 Å². The van der Waals surface area contributed by atoms with Gasteiger partial charge in [-0.05, 0) is 30.3 Å². The molecule has 2 N–H and O–H groups in total. The number of carbonyl (C=O) groups is 3. The van der Waals surface area contributed by atoms with Crippen LogP contribution in [-0.4, -0.2) is 31.6 Å². The summed E-state index contributed by atoms with van der Waals surface area (Å²) in [6.45, 7) is -0.600. The van der Waals surface area contributed by atoms with Crippen LogP contribution in [0.15, 0.2) is 41.0 Å². The minimum atomic E-state index is -0.910. The van der Waals surface area contributed by atoms with E-state index < -0.39 is 30.3 Å². The molecule has 0 aliphatic carbocycles. The zero-order valence-corrected chi connectivity index (χ0v) is 13.2. The Kier molecular flexibility index (Phi) is 6.10. The fourth-order valence-corrected chi connectivity index (χ4v) is 1.80. The lowest BCUT2D eigenvalue weighted by Gasteiger charge is -2.07. The molecule has 2 aromatic rings. The van der Waals surface area contributed by atoms with Crippen molar-refractivity contribution in [2.45, 2.75) is 6.54 Å². The Morgan fingerprint density at radius 2 is 2.04 bits per heavy atom. The van der Waals surface area contributed by atoms with Gasteiger partial charge in [0.25, 0.3) is 5.91 Å². The van der Waals surface area contributed by atoms with E-state index in [9.17, 15) is 18.8 Å². The first-order valence-electron chi connectivity index (χ1n) is 7.10. The number of amides is 3. The second-order valence-corrected chi connectivity index (χ2v) is 4.74. The van der Waals surface area contributed by atoms with Crippen LogP contribution in [-0.2, 0) is 16.1 Å². The Bertz CT molecular complexity index is 760. The molecule has 0 atom stereocenters. The molecule has 0 radical (unpaired) electrons. The molecule has 1 aromatic carbocycles. The van der Waals surface area contributed by atoms with Crippen LogP contribution in [0.4, 0.5) is 9.18 Å². The highest BCUT2D eigenvalue weighted by Gasteiger charge is 2.14. The van der Waals surface area contributed by atoms with E-state index in [0.29, 0.717) is 5.76 Å². The van der Waals surface area contributed by atoms with E-state index in [-0.39, 0.29) is 17.9 Å². The van der Waals surface area contributed by atoms with E-state index >= 15 is 0 Å². The number of hydrogen-bond acceptors (Lipinski definition) is 6. The number of methoxy groups -OCH3 is 1. The normalized spacial score (nSPS) is 10.0. The SMILES string of the molecule is COc1ccc(C(=O)OCC(=O)NC(=O)NCc2ccco2)cc1F.